The number of rotatable bonds is 2. The summed E-state index contributed by atoms with van der Waals surface area (Å²) in [6.07, 6.45) is -0.498. The van der Waals surface area contributed by atoms with E-state index in [1.54, 1.807) is 32.9 Å². The molecule has 0 aromatic carbocycles. The minimum Gasteiger partial charge on any atom is -0.481 e. The molecule has 0 bridgehead atoms. The van der Waals surface area contributed by atoms with E-state index in [0.717, 1.165) is 0 Å². The fourth-order valence-electron chi connectivity index (χ4n) is 2.35. The maximum atomic E-state index is 12.1. The Hall–Kier alpha value is -1.50. The number of carbonyl (C=O) groups is 2. The van der Waals surface area contributed by atoms with E-state index in [1.165, 1.54) is 4.90 Å². The van der Waals surface area contributed by atoms with Crippen LogP contribution in [0.3, 0.4) is 0 Å². The van der Waals surface area contributed by atoms with Crippen molar-refractivity contribution in [2.24, 2.45) is 5.92 Å². The van der Waals surface area contributed by atoms with Gasteiger partial charge in [-0.3, -0.25) is 4.79 Å². The minimum absolute atomic E-state index is 0.118. The van der Waals surface area contributed by atoms with Crippen LogP contribution in [0.1, 0.15) is 32.4 Å². The summed E-state index contributed by atoms with van der Waals surface area (Å²) in [5, 5.41) is 9.35. The van der Waals surface area contributed by atoms with Crippen LogP contribution in [0.4, 0.5) is 4.79 Å². The lowest BCUT2D eigenvalue weighted by molar-refractivity contribution is -0.141. The summed E-state index contributed by atoms with van der Waals surface area (Å²) in [6, 6.07) is 3.44. The molecule has 2 atom stereocenters. The lowest BCUT2D eigenvalue weighted by atomic mass is 9.94. The Morgan fingerprint density at radius 3 is 2.52 bits per heavy atom. The summed E-state index contributed by atoms with van der Waals surface area (Å²) < 4.78 is 11.3. The zero-order chi connectivity index (χ0) is 15.8. The highest BCUT2D eigenvalue weighted by molar-refractivity contribution is 9.10. The molecule has 6 nitrogen and oxygen atoms in total. The van der Waals surface area contributed by atoms with Crippen LogP contribution < -0.4 is 0 Å². The van der Waals surface area contributed by atoms with Crippen molar-refractivity contribution in [3.05, 3.63) is 22.6 Å². The highest BCUT2D eigenvalue weighted by Crippen LogP contribution is 2.35. The van der Waals surface area contributed by atoms with Crippen LogP contribution in [0.15, 0.2) is 21.2 Å². The highest BCUT2D eigenvalue weighted by atomic mass is 79.9. The molecule has 116 valence electrons. The molecule has 1 amide bonds. The van der Waals surface area contributed by atoms with Crippen LogP contribution in [0.5, 0.6) is 0 Å². The molecule has 0 saturated carbocycles. The van der Waals surface area contributed by atoms with E-state index in [0.29, 0.717) is 10.4 Å². The minimum atomic E-state index is -0.946. The SMILES string of the molecule is CC(C)(C)OC(=O)N1CC(C(=O)O)C(c2ccc(Br)o2)C1. The molecule has 0 aliphatic carbocycles. The molecule has 1 aromatic heterocycles. The zero-order valence-corrected chi connectivity index (χ0v) is 13.7. The molecular weight excluding hydrogens is 342 g/mol. The van der Waals surface area contributed by atoms with Crippen molar-refractivity contribution in [2.45, 2.75) is 32.3 Å². The van der Waals surface area contributed by atoms with Gasteiger partial charge in [0, 0.05) is 19.0 Å². The first-order valence-electron chi connectivity index (χ1n) is 6.63. The van der Waals surface area contributed by atoms with E-state index < -0.39 is 23.6 Å². The maximum Gasteiger partial charge on any atom is 0.410 e. The van der Waals surface area contributed by atoms with Gasteiger partial charge in [0.2, 0.25) is 0 Å². The second-order valence-corrected chi connectivity index (χ2v) is 6.86. The first kappa shape index (κ1) is 15.9. The van der Waals surface area contributed by atoms with Gasteiger partial charge in [0.1, 0.15) is 11.4 Å². The molecule has 0 spiro atoms. The van der Waals surface area contributed by atoms with E-state index >= 15 is 0 Å². The Kier molecular flexibility index (Phi) is 4.32. The normalized spacial score (nSPS) is 22.4. The zero-order valence-electron chi connectivity index (χ0n) is 12.1. The number of likely N-dealkylation sites (tertiary alicyclic amines) is 1. The van der Waals surface area contributed by atoms with Crippen LogP contribution in [0.2, 0.25) is 0 Å². The number of amides is 1. The fourth-order valence-corrected chi connectivity index (χ4v) is 2.66. The standard InChI is InChI=1S/C14H18BrNO5/c1-14(2,3)21-13(19)16-6-8(9(7-16)12(17)18)10-4-5-11(15)20-10/h4-5,8-9H,6-7H2,1-3H3,(H,17,18). The number of halogens is 1. The Labute approximate surface area is 131 Å². The van der Waals surface area contributed by atoms with E-state index in [2.05, 4.69) is 15.9 Å². The number of furan rings is 1. The van der Waals surface area contributed by atoms with Crippen LogP contribution in [0, 0.1) is 5.92 Å². The van der Waals surface area contributed by atoms with Crippen LogP contribution in [-0.2, 0) is 9.53 Å². The Balaban J connectivity index is 2.15. The number of carbonyl (C=O) groups excluding carboxylic acids is 1. The molecular formula is C14H18BrNO5. The summed E-state index contributed by atoms with van der Waals surface area (Å²) in [5.74, 6) is -1.46. The smallest absolute Gasteiger partial charge is 0.410 e. The third kappa shape index (κ3) is 3.78. The molecule has 1 aliphatic heterocycles. The second-order valence-electron chi connectivity index (χ2n) is 6.08. The third-order valence-corrected chi connectivity index (χ3v) is 3.67. The summed E-state index contributed by atoms with van der Waals surface area (Å²) in [5.41, 5.74) is -0.610. The van der Waals surface area contributed by atoms with E-state index in [1.807, 2.05) is 0 Å². The molecule has 1 aliphatic rings. The van der Waals surface area contributed by atoms with Gasteiger partial charge in [-0.05, 0) is 48.8 Å². The number of aliphatic carboxylic acids is 1. The average molecular weight is 360 g/mol. The van der Waals surface area contributed by atoms with Crippen molar-refractivity contribution in [3.63, 3.8) is 0 Å². The molecule has 2 rings (SSSR count). The quantitative estimate of drug-likeness (QED) is 0.877. The number of hydrogen-bond acceptors (Lipinski definition) is 4. The van der Waals surface area contributed by atoms with Crippen molar-refractivity contribution < 1.29 is 23.8 Å². The predicted octanol–water partition coefficient (Wildman–Crippen LogP) is 3.08. The molecule has 1 N–H and O–H groups in total. The lowest BCUT2D eigenvalue weighted by Crippen LogP contribution is -2.35. The number of ether oxygens (including phenoxy) is 1. The van der Waals surface area contributed by atoms with Crippen molar-refractivity contribution in [2.75, 3.05) is 13.1 Å². The molecule has 1 saturated heterocycles. The topological polar surface area (TPSA) is 80.0 Å². The van der Waals surface area contributed by atoms with E-state index in [-0.39, 0.29) is 19.0 Å². The van der Waals surface area contributed by atoms with Crippen LogP contribution in [0.25, 0.3) is 0 Å². The lowest BCUT2D eigenvalue weighted by Gasteiger charge is -2.24. The van der Waals surface area contributed by atoms with Gasteiger partial charge < -0.3 is 19.2 Å². The fraction of sp³-hybridized carbons (Fsp3) is 0.571. The average Bonchev–Trinajstić information content (AvgIpc) is 2.91. The van der Waals surface area contributed by atoms with Gasteiger partial charge in [-0.2, -0.15) is 0 Å². The first-order chi connectivity index (χ1) is 9.67. The Morgan fingerprint density at radius 1 is 1.38 bits per heavy atom. The Morgan fingerprint density at radius 2 is 2.05 bits per heavy atom. The third-order valence-electron chi connectivity index (χ3n) is 3.25. The summed E-state index contributed by atoms with van der Waals surface area (Å²) in [6.45, 7) is 5.71. The highest BCUT2D eigenvalue weighted by Gasteiger charge is 2.43. The number of nitrogens with zero attached hydrogens (tertiary/aromatic N) is 1. The molecule has 0 radical (unpaired) electrons. The molecule has 7 heteroatoms. The molecule has 21 heavy (non-hydrogen) atoms. The summed E-state index contributed by atoms with van der Waals surface area (Å²) in [7, 11) is 0. The number of carboxylic acids is 1. The van der Waals surface area contributed by atoms with Gasteiger partial charge in [-0.25, -0.2) is 4.79 Å². The van der Waals surface area contributed by atoms with Crippen molar-refractivity contribution in [3.8, 4) is 0 Å². The summed E-state index contributed by atoms with van der Waals surface area (Å²) >= 11 is 3.20. The van der Waals surface area contributed by atoms with Gasteiger partial charge in [-0.1, -0.05) is 0 Å². The van der Waals surface area contributed by atoms with Gasteiger partial charge >= 0.3 is 12.1 Å². The number of hydrogen-bond donors (Lipinski definition) is 1. The van der Waals surface area contributed by atoms with E-state index in [9.17, 15) is 14.7 Å². The predicted molar refractivity (Wildman–Crippen MR) is 78.1 cm³/mol. The van der Waals surface area contributed by atoms with Gasteiger partial charge in [0.15, 0.2) is 4.67 Å². The van der Waals surface area contributed by atoms with Crippen LogP contribution >= 0.6 is 15.9 Å². The summed E-state index contributed by atoms with van der Waals surface area (Å²) in [4.78, 5) is 24.9. The molecule has 1 aromatic rings. The monoisotopic (exact) mass is 359 g/mol. The van der Waals surface area contributed by atoms with Gasteiger partial charge in [0.25, 0.3) is 0 Å². The molecule has 1 fully saturated rings. The maximum absolute atomic E-state index is 12.1. The largest absolute Gasteiger partial charge is 0.481 e. The first-order valence-corrected chi connectivity index (χ1v) is 7.42. The van der Waals surface area contributed by atoms with E-state index in [4.69, 9.17) is 9.15 Å². The van der Waals surface area contributed by atoms with Crippen molar-refractivity contribution in [1.29, 1.82) is 0 Å². The molecule has 2 heterocycles. The molecule has 2 unspecified atom stereocenters. The van der Waals surface area contributed by atoms with Crippen molar-refractivity contribution >= 4 is 28.0 Å². The second kappa shape index (κ2) is 5.71. The van der Waals surface area contributed by atoms with Gasteiger partial charge in [-0.15, -0.1) is 0 Å². The number of carboxylic acid groups (broad SMARTS) is 1. The van der Waals surface area contributed by atoms with Crippen molar-refractivity contribution in [1.82, 2.24) is 4.90 Å². The Bertz CT molecular complexity index is 548. The van der Waals surface area contributed by atoms with Gasteiger partial charge in [0.05, 0.1) is 5.92 Å². The van der Waals surface area contributed by atoms with Crippen LogP contribution in [-0.4, -0.2) is 40.8 Å².